The number of nitrogens with zero attached hydrogens (tertiary/aromatic N) is 1. The topological polar surface area (TPSA) is 12.5 Å². The Morgan fingerprint density at radius 1 is 1.44 bits per heavy atom. The molecule has 0 N–H and O–H groups in total. The maximum Gasteiger partial charge on any atom is 0.0703 e. The van der Waals surface area contributed by atoms with Crippen molar-refractivity contribution in [1.82, 2.24) is 4.90 Å². The Labute approximate surface area is 55.8 Å². The van der Waals surface area contributed by atoms with Gasteiger partial charge in [0.15, 0.2) is 0 Å². The van der Waals surface area contributed by atoms with Crippen molar-refractivity contribution in [1.29, 1.82) is 0 Å². The molecule has 0 radical (unpaired) electrons. The summed E-state index contributed by atoms with van der Waals surface area (Å²) in [5, 5.41) is 0. The van der Waals surface area contributed by atoms with Gasteiger partial charge in [-0.2, -0.15) is 0 Å². The molecule has 9 heavy (non-hydrogen) atoms. The highest BCUT2D eigenvalue weighted by Gasteiger charge is 2.31. The van der Waals surface area contributed by atoms with E-state index in [0.717, 1.165) is 19.2 Å². The molecule has 3 rings (SSSR count). The molecular weight excluding hydrogens is 114 g/mol. The van der Waals surface area contributed by atoms with Crippen LogP contribution in [0.1, 0.15) is 12.8 Å². The molecule has 2 nitrogen and oxygen atoms in total. The number of ether oxygens (including phenoxy) is 1. The summed E-state index contributed by atoms with van der Waals surface area (Å²) >= 11 is 0. The molecule has 0 saturated carbocycles. The van der Waals surface area contributed by atoms with Gasteiger partial charge in [-0.15, -0.1) is 0 Å². The fourth-order valence-electron chi connectivity index (χ4n) is 1.75. The van der Waals surface area contributed by atoms with Crippen molar-refractivity contribution in [2.75, 3.05) is 20.2 Å². The molecule has 3 fully saturated rings. The second-order valence-corrected chi connectivity index (χ2v) is 3.13. The van der Waals surface area contributed by atoms with Gasteiger partial charge in [0.2, 0.25) is 0 Å². The molecule has 52 valence electrons. The molecule has 0 unspecified atom stereocenters. The second-order valence-electron chi connectivity index (χ2n) is 3.13. The van der Waals surface area contributed by atoms with Crippen molar-refractivity contribution in [2.45, 2.75) is 25.0 Å². The minimum Gasteiger partial charge on any atom is -0.375 e. The highest BCUT2D eigenvalue weighted by atomic mass is 16.5. The lowest BCUT2D eigenvalue weighted by atomic mass is 9.98. The normalized spacial score (nSPS) is 43.7. The van der Waals surface area contributed by atoms with E-state index in [1.165, 1.54) is 12.8 Å². The van der Waals surface area contributed by atoms with Crippen LogP contribution in [-0.2, 0) is 4.74 Å². The van der Waals surface area contributed by atoms with Crippen LogP contribution < -0.4 is 0 Å². The maximum absolute atomic E-state index is 5.51. The number of piperidine rings is 1. The van der Waals surface area contributed by atoms with Crippen LogP contribution in [-0.4, -0.2) is 37.2 Å². The van der Waals surface area contributed by atoms with Gasteiger partial charge in [-0.05, 0) is 19.9 Å². The number of hydrogen-bond acceptors (Lipinski definition) is 2. The Bertz CT molecular complexity index is 107. The number of morpholine rings is 1. The van der Waals surface area contributed by atoms with Crippen LogP contribution in [0.25, 0.3) is 0 Å². The van der Waals surface area contributed by atoms with Crippen LogP contribution in [0.5, 0.6) is 0 Å². The van der Waals surface area contributed by atoms with Crippen molar-refractivity contribution in [3.8, 4) is 0 Å². The zero-order chi connectivity index (χ0) is 6.27. The Kier molecular flexibility index (Phi) is 1.24. The standard InChI is InChI=1S/C7H13NO/c1-8-4-7-3-2-6(8)5-9-7/h6-7H,2-5H2,1H3/t6-,7-/m0/s1. The molecule has 2 heteroatoms. The Balaban J connectivity index is 2.06. The first-order valence-electron chi connectivity index (χ1n) is 3.68. The van der Waals surface area contributed by atoms with E-state index >= 15 is 0 Å². The highest BCUT2D eigenvalue weighted by Crippen LogP contribution is 2.24. The largest absolute Gasteiger partial charge is 0.375 e. The molecular formula is C7H13NO. The molecule has 0 aromatic heterocycles. The first-order chi connectivity index (χ1) is 4.36. The van der Waals surface area contributed by atoms with Gasteiger partial charge in [0.05, 0.1) is 12.7 Å². The molecule has 0 aromatic carbocycles. The average Bonchev–Trinajstić information content (AvgIpc) is 1.90. The van der Waals surface area contributed by atoms with Gasteiger partial charge < -0.3 is 4.74 Å². The monoisotopic (exact) mass is 127 g/mol. The molecule has 2 atom stereocenters. The van der Waals surface area contributed by atoms with Gasteiger partial charge in [-0.1, -0.05) is 0 Å². The summed E-state index contributed by atoms with van der Waals surface area (Å²) in [5.41, 5.74) is 0. The SMILES string of the molecule is CN1C[C@@H]2CC[C@H]1CO2. The molecule has 3 aliphatic heterocycles. The highest BCUT2D eigenvalue weighted by molar-refractivity contribution is 4.84. The van der Waals surface area contributed by atoms with Crippen molar-refractivity contribution < 1.29 is 4.74 Å². The Hall–Kier alpha value is -0.0800. The van der Waals surface area contributed by atoms with Gasteiger partial charge in [-0.25, -0.2) is 0 Å². The van der Waals surface area contributed by atoms with E-state index in [4.69, 9.17) is 4.74 Å². The summed E-state index contributed by atoms with van der Waals surface area (Å²) in [6.07, 6.45) is 3.19. The van der Waals surface area contributed by atoms with E-state index < -0.39 is 0 Å². The lowest BCUT2D eigenvalue weighted by molar-refractivity contribution is -0.0962. The van der Waals surface area contributed by atoms with E-state index in [2.05, 4.69) is 11.9 Å². The Morgan fingerprint density at radius 2 is 2.33 bits per heavy atom. The summed E-state index contributed by atoms with van der Waals surface area (Å²) in [5.74, 6) is 0. The summed E-state index contributed by atoms with van der Waals surface area (Å²) in [6, 6.07) is 0.731. The zero-order valence-electron chi connectivity index (χ0n) is 5.84. The van der Waals surface area contributed by atoms with Gasteiger partial charge >= 0.3 is 0 Å². The molecule has 0 aliphatic carbocycles. The third kappa shape index (κ3) is 0.864. The van der Waals surface area contributed by atoms with Crippen molar-refractivity contribution in [2.24, 2.45) is 0 Å². The van der Waals surface area contributed by atoms with E-state index in [-0.39, 0.29) is 0 Å². The first-order valence-corrected chi connectivity index (χ1v) is 3.68. The van der Waals surface area contributed by atoms with E-state index in [1.54, 1.807) is 0 Å². The third-order valence-electron chi connectivity index (χ3n) is 2.46. The van der Waals surface area contributed by atoms with Crippen LogP contribution in [0.2, 0.25) is 0 Å². The maximum atomic E-state index is 5.51. The smallest absolute Gasteiger partial charge is 0.0703 e. The number of hydrogen-bond donors (Lipinski definition) is 0. The lowest BCUT2D eigenvalue weighted by Crippen LogP contribution is -2.52. The van der Waals surface area contributed by atoms with Crippen molar-refractivity contribution >= 4 is 0 Å². The fourth-order valence-corrected chi connectivity index (χ4v) is 1.75. The summed E-state index contributed by atoms with van der Waals surface area (Å²) in [4.78, 5) is 2.41. The Morgan fingerprint density at radius 3 is 2.56 bits per heavy atom. The molecule has 3 saturated heterocycles. The summed E-state index contributed by atoms with van der Waals surface area (Å²) in [7, 11) is 2.19. The minimum absolute atomic E-state index is 0.556. The van der Waals surface area contributed by atoms with Gasteiger partial charge in [0.1, 0.15) is 0 Å². The van der Waals surface area contributed by atoms with Crippen molar-refractivity contribution in [3.05, 3.63) is 0 Å². The molecule has 0 amide bonds. The van der Waals surface area contributed by atoms with Gasteiger partial charge in [0, 0.05) is 12.6 Å². The number of rotatable bonds is 0. The third-order valence-corrected chi connectivity index (χ3v) is 2.46. The van der Waals surface area contributed by atoms with E-state index in [1.807, 2.05) is 0 Å². The van der Waals surface area contributed by atoms with Crippen LogP contribution in [0.3, 0.4) is 0 Å². The summed E-state index contributed by atoms with van der Waals surface area (Å²) in [6.45, 7) is 2.13. The number of likely N-dealkylation sites (N-methyl/N-ethyl adjacent to an activating group) is 1. The minimum atomic E-state index is 0.556. The zero-order valence-corrected chi connectivity index (χ0v) is 5.84. The predicted octanol–water partition coefficient (Wildman–Crippen LogP) is 0.479. The van der Waals surface area contributed by atoms with E-state index in [9.17, 15) is 0 Å². The number of fused-ring (bicyclic) bond motifs is 3. The predicted molar refractivity (Wildman–Crippen MR) is 35.4 cm³/mol. The molecule has 0 aromatic rings. The first kappa shape index (κ1) is 5.69. The quantitative estimate of drug-likeness (QED) is 0.469. The van der Waals surface area contributed by atoms with Crippen LogP contribution in [0.15, 0.2) is 0 Å². The second kappa shape index (κ2) is 1.96. The van der Waals surface area contributed by atoms with Crippen LogP contribution in [0.4, 0.5) is 0 Å². The molecule has 0 spiro atoms. The van der Waals surface area contributed by atoms with Crippen LogP contribution >= 0.6 is 0 Å². The lowest BCUT2D eigenvalue weighted by Gasteiger charge is -2.43. The fraction of sp³-hybridized carbons (Fsp3) is 1.00. The van der Waals surface area contributed by atoms with Gasteiger partial charge in [0.25, 0.3) is 0 Å². The van der Waals surface area contributed by atoms with Crippen LogP contribution in [0, 0.1) is 0 Å². The van der Waals surface area contributed by atoms with Crippen molar-refractivity contribution in [3.63, 3.8) is 0 Å². The molecule has 3 heterocycles. The average molecular weight is 127 g/mol. The van der Waals surface area contributed by atoms with Gasteiger partial charge in [-0.3, -0.25) is 4.90 Å². The van der Waals surface area contributed by atoms with E-state index in [0.29, 0.717) is 6.10 Å². The summed E-state index contributed by atoms with van der Waals surface area (Å²) < 4.78 is 5.51. The molecule has 2 bridgehead atoms. The molecule has 3 aliphatic rings.